The fourth-order valence-electron chi connectivity index (χ4n) is 2.85. The lowest BCUT2D eigenvalue weighted by Crippen LogP contribution is -2.31. The first kappa shape index (κ1) is 15.8. The molecule has 6 nitrogen and oxygen atoms in total. The number of hydrogen-bond acceptors (Lipinski definition) is 5. The monoisotopic (exact) mass is 336 g/mol. The molecule has 0 spiro atoms. The first-order valence-corrected chi connectivity index (χ1v) is 8.71. The molecule has 2 heterocycles. The van der Waals surface area contributed by atoms with Gasteiger partial charge in [0, 0.05) is 12.1 Å². The van der Waals surface area contributed by atoms with Crippen LogP contribution in [-0.2, 0) is 10.0 Å². The Hall–Kier alpha value is -2.06. The molecule has 1 unspecified atom stereocenters. The van der Waals surface area contributed by atoms with Gasteiger partial charge in [-0.25, -0.2) is 12.8 Å². The van der Waals surface area contributed by atoms with Gasteiger partial charge in [0.15, 0.2) is 0 Å². The molecular formula is C15H17FN4O2S. The maximum atomic E-state index is 13.7. The molecule has 1 aromatic carbocycles. The van der Waals surface area contributed by atoms with E-state index in [4.69, 9.17) is 5.73 Å². The molecule has 2 N–H and O–H groups in total. The van der Waals surface area contributed by atoms with E-state index in [0.717, 1.165) is 0 Å². The van der Waals surface area contributed by atoms with Crippen molar-refractivity contribution < 1.29 is 12.8 Å². The van der Waals surface area contributed by atoms with Gasteiger partial charge in [0.05, 0.1) is 16.6 Å². The van der Waals surface area contributed by atoms with E-state index in [0.29, 0.717) is 25.1 Å². The van der Waals surface area contributed by atoms with E-state index in [1.807, 2.05) is 0 Å². The normalized spacial score (nSPS) is 19.1. The van der Waals surface area contributed by atoms with Crippen LogP contribution < -0.4 is 5.73 Å². The van der Waals surface area contributed by atoms with Crippen molar-refractivity contribution in [2.75, 3.05) is 12.3 Å². The number of sulfonamides is 1. The first-order valence-electron chi connectivity index (χ1n) is 7.27. The Kier molecular flexibility index (Phi) is 4.03. The molecule has 8 heteroatoms. The van der Waals surface area contributed by atoms with Crippen LogP contribution in [0.25, 0.3) is 0 Å². The van der Waals surface area contributed by atoms with Crippen molar-refractivity contribution in [3.8, 4) is 0 Å². The maximum absolute atomic E-state index is 13.7. The molecule has 2 aromatic rings. The molecule has 1 aromatic heterocycles. The predicted octanol–water partition coefficient (Wildman–Crippen LogP) is 2.03. The minimum atomic E-state index is -3.81. The Morgan fingerprint density at radius 1 is 1.26 bits per heavy atom. The summed E-state index contributed by atoms with van der Waals surface area (Å²) in [6.45, 7) is 1.84. The highest BCUT2D eigenvalue weighted by molar-refractivity contribution is 7.89. The van der Waals surface area contributed by atoms with Crippen LogP contribution in [-0.4, -0.2) is 29.5 Å². The maximum Gasteiger partial charge on any atom is 0.244 e. The number of rotatable bonds is 3. The summed E-state index contributed by atoms with van der Waals surface area (Å²) < 4.78 is 41.0. The van der Waals surface area contributed by atoms with Crippen molar-refractivity contribution >= 4 is 15.8 Å². The third-order valence-electron chi connectivity index (χ3n) is 4.06. The van der Waals surface area contributed by atoms with Crippen molar-refractivity contribution in [2.24, 2.45) is 0 Å². The second-order valence-corrected chi connectivity index (χ2v) is 7.38. The molecule has 0 saturated carbocycles. The van der Waals surface area contributed by atoms with E-state index < -0.39 is 21.9 Å². The lowest BCUT2D eigenvalue weighted by atomic mass is 10.1. The Morgan fingerprint density at radius 3 is 2.74 bits per heavy atom. The predicted molar refractivity (Wildman–Crippen MR) is 83.4 cm³/mol. The Labute approximate surface area is 134 Å². The topological polar surface area (TPSA) is 89.2 Å². The lowest BCUT2D eigenvalue weighted by molar-refractivity contribution is 0.388. The molecule has 1 fully saturated rings. The van der Waals surface area contributed by atoms with E-state index in [1.165, 1.54) is 29.4 Å². The number of anilines is 1. The quantitative estimate of drug-likeness (QED) is 0.926. The van der Waals surface area contributed by atoms with E-state index in [2.05, 4.69) is 10.2 Å². The van der Waals surface area contributed by atoms with Crippen LogP contribution in [0.3, 0.4) is 0 Å². The minimum Gasteiger partial charge on any atom is -0.382 e. The van der Waals surface area contributed by atoms with Gasteiger partial charge >= 0.3 is 0 Å². The summed E-state index contributed by atoms with van der Waals surface area (Å²) in [6, 6.07) is 6.95. The number of nitrogens with two attached hydrogens (primary N) is 1. The van der Waals surface area contributed by atoms with Gasteiger partial charge in [-0.3, -0.25) is 0 Å². The summed E-state index contributed by atoms with van der Waals surface area (Å²) >= 11 is 0. The highest BCUT2D eigenvalue weighted by Gasteiger charge is 2.38. The molecule has 0 radical (unpaired) electrons. The summed E-state index contributed by atoms with van der Waals surface area (Å²) in [5, 5.41) is 7.79. The standard InChI is InChI=1S/C15H17FN4O2S/c1-10-11(16)4-2-6-14(10)23(21,22)20-9-3-5-13(20)12-7-8-15(17)19-18-12/h2,4,6-8,13H,3,5,9H2,1H3,(H2,17,19). The average molecular weight is 336 g/mol. The average Bonchev–Trinajstić information content (AvgIpc) is 3.01. The molecule has 0 aliphatic carbocycles. The summed E-state index contributed by atoms with van der Waals surface area (Å²) in [4.78, 5) is -0.00666. The van der Waals surface area contributed by atoms with Crippen LogP contribution in [0.2, 0.25) is 0 Å². The number of nitrogens with zero attached hydrogens (tertiary/aromatic N) is 3. The molecule has 1 atom stereocenters. The van der Waals surface area contributed by atoms with Gasteiger partial charge in [-0.15, -0.1) is 5.10 Å². The molecule has 1 aliphatic heterocycles. The number of halogens is 1. The van der Waals surface area contributed by atoms with Crippen molar-refractivity contribution in [3.05, 3.63) is 47.4 Å². The summed E-state index contributed by atoms with van der Waals surface area (Å²) in [7, 11) is -3.81. The molecule has 23 heavy (non-hydrogen) atoms. The molecule has 1 aliphatic rings. The molecule has 122 valence electrons. The van der Waals surface area contributed by atoms with E-state index in [9.17, 15) is 12.8 Å². The van der Waals surface area contributed by atoms with Crippen LogP contribution in [0.4, 0.5) is 10.2 Å². The number of aromatic nitrogens is 2. The van der Waals surface area contributed by atoms with Crippen molar-refractivity contribution in [1.82, 2.24) is 14.5 Å². The highest BCUT2D eigenvalue weighted by Crippen LogP contribution is 2.36. The zero-order valence-electron chi connectivity index (χ0n) is 12.6. The molecule has 3 rings (SSSR count). The third kappa shape index (κ3) is 2.79. The van der Waals surface area contributed by atoms with Gasteiger partial charge < -0.3 is 5.73 Å². The Bertz CT molecular complexity index is 824. The number of benzene rings is 1. The lowest BCUT2D eigenvalue weighted by Gasteiger charge is -2.24. The van der Waals surface area contributed by atoms with Crippen LogP contribution in [0.15, 0.2) is 35.2 Å². The summed E-state index contributed by atoms with van der Waals surface area (Å²) in [6.07, 6.45) is 1.36. The zero-order chi connectivity index (χ0) is 16.6. The van der Waals surface area contributed by atoms with Crippen LogP contribution >= 0.6 is 0 Å². The van der Waals surface area contributed by atoms with Gasteiger partial charge in [0.25, 0.3) is 0 Å². The Morgan fingerprint density at radius 2 is 2.04 bits per heavy atom. The van der Waals surface area contributed by atoms with Crippen LogP contribution in [0.5, 0.6) is 0 Å². The smallest absolute Gasteiger partial charge is 0.244 e. The molecule has 0 amide bonds. The van der Waals surface area contributed by atoms with E-state index >= 15 is 0 Å². The second-order valence-electron chi connectivity index (χ2n) is 5.52. The third-order valence-corrected chi connectivity index (χ3v) is 6.11. The van der Waals surface area contributed by atoms with Crippen LogP contribution in [0, 0.1) is 12.7 Å². The van der Waals surface area contributed by atoms with Gasteiger partial charge in [0.1, 0.15) is 11.6 Å². The minimum absolute atomic E-state index is 0.00666. The van der Waals surface area contributed by atoms with Crippen molar-refractivity contribution in [2.45, 2.75) is 30.7 Å². The van der Waals surface area contributed by atoms with E-state index in [1.54, 1.807) is 12.1 Å². The highest BCUT2D eigenvalue weighted by atomic mass is 32.2. The summed E-state index contributed by atoms with van der Waals surface area (Å²) in [5.74, 6) is -0.253. The van der Waals surface area contributed by atoms with Gasteiger partial charge in [0.2, 0.25) is 10.0 Å². The molecular weight excluding hydrogens is 319 g/mol. The second kappa shape index (κ2) is 5.86. The first-order chi connectivity index (χ1) is 10.9. The van der Waals surface area contributed by atoms with E-state index in [-0.39, 0.29) is 16.3 Å². The Balaban J connectivity index is 2.01. The fourth-order valence-corrected chi connectivity index (χ4v) is 4.75. The van der Waals surface area contributed by atoms with Crippen molar-refractivity contribution in [3.63, 3.8) is 0 Å². The van der Waals surface area contributed by atoms with Gasteiger partial charge in [-0.1, -0.05) is 6.07 Å². The van der Waals surface area contributed by atoms with Crippen LogP contribution in [0.1, 0.15) is 30.1 Å². The fraction of sp³-hybridized carbons (Fsp3) is 0.333. The summed E-state index contributed by atoms with van der Waals surface area (Å²) in [5.41, 5.74) is 6.20. The molecule has 1 saturated heterocycles. The van der Waals surface area contributed by atoms with Gasteiger partial charge in [-0.2, -0.15) is 9.40 Å². The van der Waals surface area contributed by atoms with Crippen molar-refractivity contribution in [1.29, 1.82) is 0 Å². The zero-order valence-corrected chi connectivity index (χ0v) is 13.4. The van der Waals surface area contributed by atoms with Gasteiger partial charge in [-0.05, 0) is 44.0 Å². The SMILES string of the molecule is Cc1c(F)cccc1S(=O)(=O)N1CCCC1c1ccc(N)nn1. The largest absolute Gasteiger partial charge is 0.382 e. The number of hydrogen-bond donors (Lipinski definition) is 1. The number of nitrogen functional groups attached to an aromatic ring is 1. The molecule has 0 bridgehead atoms.